The van der Waals surface area contributed by atoms with Gasteiger partial charge >= 0.3 is 5.69 Å². The van der Waals surface area contributed by atoms with Gasteiger partial charge in [0.2, 0.25) is 5.15 Å². The standard InChI is InChI=1S/C11H15ClN2O3/c1-2-3-4-7-17-8-9-5-6-13-11(12)10(9)14(15)16/h5-6H,2-4,7-8H2,1H3. The Bertz CT molecular complexity index is 385. The second-order valence-corrected chi connectivity index (χ2v) is 3.98. The Labute approximate surface area is 105 Å². The third-order valence-electron chi connectivity index (χ3n) is 2.30. The van der Waals surface area contributed by atoms with Crippen molar-refractivity contribution in [1.82, 2.24) is 4.98 Å². The first kappa shape index (κ1) is 13.9. The van der Waals surface area contributed by atoms with Gasteiger partial charge in [-0.25, -0.2) is 4.98 Å². The van der Waals surface area contributed by atoms with Gasteiger partial charge in [-0.05, 0) is 12.5 Å². The molecular formula is C11H15ClN2O3. The van der Waals surface area contributed by atoms with Gasteiger partial charge in [-0.15, -0.1) is 0 Å². The molecule has 0 atom stereocenters. The topological polar surface area (TPSA) is 65.3 Å². The molecule has 94 valence electrons. The predicted molar refractivity (Wildman–Crippen MR) is 65.1 cm³/mol. The van der Waals surface area contributed by atoms with Gasteiger partial charge in [0, 0.05) is 12.8 Å². The first-order chi connectivity index (χ1) is 8.16. The fourth-order valence-corrected chi connectivity index (χ4v) is 1.66. The van der Waals surface area contributed by atoms with Gasteiger partial charge in [-0.3, -0.25) is 10.1 Å². The number of unbranched alkanes of at least 4 members (excludes halogenated alkanes) is 2. The number of aromatic nitrogens is 1. The highest BCUT2D eigenvalue weighted by molar-refractivity contribution is 6.31. The molecule has 0 radical (unpaired) electrons. The number of nitrogens with zero attached hydrogens (tertiary/aromatic N) is 2. The fraction of sp³-hybridized carbons (Fsp3) is 0.545. The highest BCUT2D eigenvalue weighted by atomic mass is 35.5. The molecule has 0 aliphatic carbocycles. The number of hydrogen-bond donors (Lipinski definition) is 0. The quantitative estimate of drug-likeness (QED) is 0.326. The van der Waals surface area contributed by atoms with Crippen molar-refractivity contribution in [3.63, 3.8) is 0 Å². The van der Waals surface area contributed by atoms with E-state index in [0.29, 0.717) is 12.2 Å². The summed E-state index contributed by atoms with van der Waals surface area (Å²) in [6.45, 7) is 2.90. The third kappa shape index (κ3) is 4.28. The molecule has 0 saturated carbocycles. The van der Waals surface area contributed by atoms with Crippen LogP contribution in [0.15, 0.2) is 12.3 Å². The zero-order chi connectivity index (χ0) is 12.7. The van der Waals surface area contributed by atoms with Gasteiger partial charge in [-0.1, -0.05) is 31.4 Å². The van der Waals surface area contributed by atoms with Crippen molar-refractivity contribution < 1.29 is 9.66 Å². The summed E-state index contributed by atoms with van der Waals surface area (Å²) in [6, 6.07) is 1.56. The van der Waals surface area contributed by atoms with Gasteiger partial charge < -0.3 is 4.74 Å². The van der Waals surface area contributed by atoms with E-state index in [1.165, 1.54) is 6.20 Å². The maximum absolute atomic E-state index is 10.8. The van der Waals surface area contributed by atoms with Crippen LogP contribution in [0.2, 0.25) is 5.15 Å². The minimum absolute atomic E-state index is 0.0929. The number of rotatable bonds is 7. The Kier molecular flexibility index (Phi) is 5.86. The Morgan fingerprint density at radius 1 is 1.53 bits per heavy atom. The van der Waals surface area contributed by atoms with E-state index in [1.54, 1.807) is 6.07 Å². The molecule has 0 saturated heterocycles. The summed E-state index contributed by atoms with van der Waals surface area (Å²) >= 11 is 5.68. The highest BCUT2D eigenvalue weighted by Crippen LogP contribution is 2.26. The Hall–Kier alpha value is -1.20. The van der Waals surface area contributed by atoms with Crippen LogP contribution in [0.1, 0.15) is 31.7 Å². The normalized spacial score (nSPS) is 10.5. The second-order valence-electron chi connectivity index (χ2n) is 3.63. The molecule has 0 fully saturated rings. The lowest BCUT2D eigenvalue weighted by Gasteiger charge is -2.05. The van der Waals surface area contributed by atoms with Crippen LogP contribution in [0.4, 0.5) is 5.69 Å². The maximum Gasteiger partial charge on any atom is 0.311 e. The van der Waals surface area contributed by atoms with E-state index in [0.717, 1.165) is 19.3 Å². The summed E-state index contributed by atoms with van der Waals surface area (Å²) in [4.78, 5) is 14.0. The Morgan fingerprint density at radius 3 is 2.94 bits per heavy atom. The van der Waals surface area contributed by atoms with Crippen LogP contribution in [-0.2, 0) is 11.3 Å². The van der Waals surface area contributed by atoms with E-state index in [2.05, 4.69) is 11.9 Å². The highest BCUT2D eigenvalue weighted by Gasteiger charge is 2.19. The Morgan fingerprint density at radius 2 is 2.29 bits per heavy atom. The number of halogens is 1. The minimum atomic E-state index is -0.528. The number of pyridine rings is 1. The molecule has 1 aromatic rings. The molecule has 0 aromatic carbocycles. The van der Waals surface area contributed by atoms with E-state index < -0.39 is 4.92 Å². The summed E-state index contributed by atoms with van der Waals surface area (Å²) in [5.74, 6) is 0. The molecule has 0 N–H and O–H groups in total. The molecule has 5 nitrogen and oxygen atoms in total. The first-order valence-corrected chi connectivity index (χ1v) is 5.90. The van der Waals surface area contributed by atoms with Gasteiger partial charge in [0.15, 0.2) is 0 Å². The Balaban J connectivity index is 2.58. The molecule has 0 bridgehead atoms. The van der Waals surface area contributed by atoms with Gasteiger partial charge in [0.1, 0.15) is 0 Å². The van der Waals surface area contributed by atoms with Crippen molar-refractivity contribution in [2.45, 2.75) is 32.8 Å². The number of hydrogen-bond acceptors (Lipinski definition) is 4. The monoisotopic (exact) mass is 258 g/mol. The van der Waals surface area contributed by atoms with Crippen LogP contribution in [0.3, 0.4) is 0 Å². The van der Waals surface area contributed by atoms with Crippen LogP contribution < -0.4 is 0 Å². The van der Waals surface area contributed by atoms with Gasteiger partial charge in [0.05, 0.1) is 17.1 Å². The average molecular weight is 259 g/mol. The van der Waals surface area contributed by atoms with Crippen molar-refractivity contribution in [3.8, 4) is 0 Å². The number of ether oxygens (including phenoxy) is 1. The molecule has 6 heteroatoms. The summed E-state index contributed by atoms with van der Waals surface area (Å²) in [6.07, 6.45) is 4.62. The molecule has 0 aliphatic rings. The first-order valence-electron chi connectivity index (χ1n) is 5.52. The average Bonchev–Trinajstić information content (AvgIpc) is 2.28. The van der Waals surface area contributed by atoms with Crippen LogP contribution in [0, 0.1) is 10.1 Å². The van der Waals surface area contributed by atoms with E-state index in [9.17, 15) is 10.1 Å². The van der Waals surface area contributed by atoms with Crippen LogP contribution in [-0.4, -0.2) is 16.5 Å². The van der Waals surface area contributed by atoms with Crippen molar-refractivity contribution in [2.24, 2.45) is 0 Å². The lowest BCUT2D eigenvalue weighted by Crippen LogP contribution is -2.01. The molecule has 17 heavy (non-hydrogen) atoms. The molecular weight excluding hydrogens is 244 g/mol. The van der Waals surface area contributed by atoms with Crippen molar-refractivity contribution in [2.75, 3.05) is 6.61 Å². The number of nitro groups is 1. The van der Waals surface area contributed by atoms with E-state index in [4.69, 9.17) is 16.3 Å². The molecule has 1 aromatic heterocycles. The van der Waals surface area contributed by atoms with Crippen molar-refractivity contribution >= 4 is 17.3 Å². The van der Waals surface area contributed by atoms with Gasteiger partial charge in [0.25, 0.3) is 0 Å². The zero-order valence-electron chi connectivity index (χ0n) is 9.69. The lowest BCUT2D eigenvalue weighted by atomic mass is 10.2. The molecule has 1 heterocycles. The minimum Gasteiger partial charge on any atom is -0.377 e. The van der Waals surface area contributed by atoms with Crippen LogP contribution in [0.5, 0.6) is 0 Å². The fourth-order valence-electron chi connectivity index (χ4n) is 1.41. The van der Waals surface area contributed by atoms with Crippen LogP contribution >= 0.6 is 11.6 Å². The van der Waals surface area contributed by atoms with E-state index in [1.807, 2.05) is 0 Å². The van der Waals surface area contributed by atoms with E-state index in [-0.39, 0.29) is 17.4 Å². The molecule has 0 unspecified atom stereocenters. The molecule has 1 rings (SSSR count). The summed E-state index contributed by atoms with van der Waals surface area (Å²) < 4.78 is 5.38. The SMILES string of the molecule is CCCCCOCc1ccnc(Cl)c1[N+](=O)[O-]. The third-order valence-corrected chi connectivity index (χ3v) is 2.57. The molecule has 0 aliphatic heterocycles. The maximum atomic E-state index is 10.8. The van der Waals surface area contributed by atoms with Crippen molar-refractivity contribution in [1.29, 1.82) is 0 Å². The largest absolute Gasteiger partial charge is 0.377 e. The zero-order valence-corrected chi connectivity index (χ0v) is 10.4. The second kappa shape index (κ2) is 7.19. The van der Waals surface area contributed by atoms with Crippen LogP contribution in [0.25, 0.3) is 0 Å². The van der Waals surface area contributed by atoms with Crippen molar-refractivity contribution in [3.05, 3.63) is 33.1 Å². The summed E-state index contributed by atoms with van der Waals surface area (Å²) in [5.41, 5.74) is 0.302. The van der Waals surface area contributed by atoms with Gasteiger partial charge in [-0.2, -0.15) is 0 Å². The predicted octanol–water partition coefficient (Wildman–Crippen LogP) is 3.35. The summed E-state index contributed by atoms with van der Waals surface area (Å²) in [7, 11) is 0. The summed E-state index contributed by atoms with van der Waals surface area (Å²) in [5, 5.41) is 10.7. The molecule has 0 spiro atoms. The van der Waals surface area contributed by atoms with E-state index >= 15 is 0 Å². The smallest absolute Gasteiger partial charge is 0.311 e. The lowest BCUT2D eigenvalue weighted by molar-refractivity contribution is -0.386. The molecule has 0 amide bonds.